The summed E-state index contributed by atoms with van der Waals surface area (Å²) < 4.78 is 0. The SMILES string of the molecule is CCCCCCCC/C1=C\CCCCCCCC1=O.N. The third-order valence-electron chi connectivity index (χ3n) is 4.16. The zero-order valence-corrected chi connectivity index (χ0v) is 13.6. The maximum absolute atomic E-state index is 12.1. The molecule has 1 aliphatic rings. The highest BCUT2D eigenvalue weighted by Crippen LogP contribution is 2.19. The molecular weight excluding hydrogens is 246 g/mol. The first-order valence-electron chi connectivity index (χ1n) is 8.57. The fourth-order valence-electron chi connectivity index (χ4n) is 2.85. The van der Waals surface area contributed by atoms with Gasteiger partial charge in [0.05, 0.1) is 0 Å². The van der Waals surface area contributed by atoms with Crippen LogP contribution in [0.2, 0.25) is 0 Å². The maximum atomic E-state index is 12.1. The molecule has 0 radical (unpaired) electrons. The standard InChI is InChI=1S/C18H32O.H3N/c1-2-3-4-5-8-11-14-17-15-12-9-6-7-10-13-16-18(17)19;/h15H,2-14,16H2,1H3;1H3/b17-15+;. The lowest BCUT2D eigenvalue weighted by molar-refractivity contribution is -0.115. The minimum Gasteiger partial charge on any atom is -0.344 e. The van der Waals surface area contributed by atoms with Crippen molar-refractivity contribution in [3.8, 4) is 0 Å². The van der Waals surface area contributed by atoms with Crippen molar-refractivity contribution in [2.45, 2.75) is 96.8 Å². The van der Waals surface area contributed by atoms with Gasteiger partial charge in [-0.3, -0.25) is 4.79 Å². The van der Waals surface area contributed by atoms with Crippen LogP contribution in [-0.2, 0) is 4.79 Å². The summed E-state index contributed by atoms with van der Waals surface area (Å²) in [5, 5.41) is 0. The van der Waals surface area contributed by atoms with E-state index in [2.05, 4.69) is 13.0 Å². The van der Waals surface area contributed by atoms with Gasteiger partial charge in [0.1, 0.15) is 0 Å². The number of Topliss-reactive ketones (excluding diaryl/α,β-unsaturated/α-hetero) is 1. The third kappa shape index (κ3) is 9.30. The van der Waals surface area contributed by atoms with E-state index in [0.29, 0.717) is 5.78 Å². The number of rotatable bonds is 7. The molecule has 0 saturated heterocycles. The van der Waals surface area contributed by atoms with E-state index in [4.69, 9.17) is 0 Å². The van der Waals surface area contributed by atoms with E-state index < -0.39 is 0 Å². The average Bonchev–Trinajstić information content (AvgIpc) is 2.43. The van der Waals surface area contributed by atoms with Gasteiger partial charge in [0.25, 0.3) is 0 Å². The predicted octanol–water partition coefficient (Wildman–Crippen LogP) is 6.14. The van der Waals surface area contributed by atoms with Crippen molar-refractivity contribution in [1.82, 2.24) is 6.15 Å². The molecule has 0 aromatic heterocycles. The summed E-state index contributed by atoms with van der Waals surface area (Å²) in [4.78, 5) is 12.1. The first-order chi connectivity index (χ1) is 9.34. The highest BCUT2D eigenvalue weighted by molar-refractivity contribution is 5.95. The lowest BCUT2D eigenvalue weighted by Gasteiger charge is -2.09. The first-order valence-corrected chi connectivity index (χ1v) is 8.57. The second kappa shape index (κ2) is 13.4. The number of carbonyl (C=O) groups is 1. The zero-order chi connectivity index (χ0) is 13.8. The van der Waals surface area contributed by atoms with E-state index >= 15 is 0 Å². The number of carbonyl (C=O) groups excluding carboxylic acids is 1. The molecule has 0 amide bonds. The van der Waals surface area contributed by atoms with E-state index in [0.717, 1.165) is 31.3 Å². The highest BCUT2D eigenvalue weighted by Gasteiger charge is 2.10. The van der Waals surface area contributed by atoms with Crippen molar-refractivity contribution in [2.24, 2.45) is 0 Å². The summed E-state index contributed by atoms with van der Waals surface area (Å²) in [5.74, 6) is 0.440. The Kier molecular flexibility index (Phi) is 12.9. The second-order valence-electron chi connectivity index (χ2n) is 5.98. The number of hydrogen-bond acceptors (Lipinski definition) is 2. The maximum Gasteiger partial charge on any atom is 0.158 e. The Morgan fingerprint density at radius 1 is 0.900 bits per heavy atom. The van der Waals surface area contributed by atoms with Crippen LogP contribution in [0.5, 0.6) is 0 Å². The molecule has 0 aliphatic heterocycles. The lowest BCUT2D eigenvalue weighted by atomic mass is 9.95. The summed E-state index contributed by atoms with van der Waals surface area (Å²) in [6, 6.07) is 0. The molecule has 0 unspecified atom stereocenters. The van der Waals surface area contributed by atoms with Crippen molar-refractivity contribution < 1.29 is 4.79 Å². The number of hydrogen-bond donors (Lipinski definition) is 1. The van der Waals surface area contributed by atoms with Crippen molar-refractivity contribution in [1.29, 1.82) is 0 Å². The molecule has 0 aromatic rings. The molecule has 118 valence electrons. The van der Waals surface area contributed by atoms with Crippen LogP contribution in [0, 0.1) is 0 Å². The lowest BCUT2D eigenvalue weighted by Crippen LogP contribution is -2.04. The summed E-state index contributed by atoms with van der Waals surface area (Å²) >= 11 is 0. The van der Waals surface area contributed by atoms with Crippen molar-refractivity contribution in [3.63, 3.8) is 0 Å². The van der Waals surface area contributed by atoms with Gasteiger partial charge in [0.2, 0.25) is 0 Å². The predicted molar refractivity (Wildman–Crippen MR) is 88.4 cm³/mol. The molecule has 3 N–H and O–H groups in total. The fraction of sp³-hybridized carbons (Fsp3) is 0.833. The monoisotopic (exact) mass is 281 g/mol. The van der Waals surface area contributed by atoms with Gasteiger partial charge in [-0.25, -0.2) is 0 Å². The van der Waals surface area contributed by atoms with Crippen molar-refractivity contribution in [3.05, 3.63) is 11.6 Å². The quantitative estimate of drug-likeness (QED) is 0.570. The van der Waals surface area contributed by atoms with E-state index in [-0.39, 0.29) is 6.15 Å². The van der Waals surface area contributed by atoms with Gasteiger partial charge in [0, 0.05) is 6.42 Å². The Bertz CT molecular complexity index is 271. The third-order valence-corrected chi connectivity index (χ3v) is 4.16. The summed E-state index contributed by atoms with van der Waals surface area (Å²) in [7, 11) is 0. The molecule has 2 heteroatoms. The molecule has 1 rings (SSSR count). The van der Waals surface area contributed by atoms with E-state index in [9.17, 15) is 4.79 Å². The van der Waals surface area contributed by atoms with E-state index in [1.54, 1.807) is 0 Å². The Labute approximate surface area is 126 Å². The highest BCUT2D eigenvalue weighted by atomic mass is 16.1. The molecule has 0 fully saturated rings. The molecule has 0 bridgehead atoms. The van der Waals surface area contributed by atoms with Crippen LogP contribution >= 0.6 is 0 Å². The average molecular weight is 281 g/mol. The normalized spacial score (nSPS) is 19.9. The van der Waals surface area contributed by atoms with Gasteiger partial charge < -0.3 is 6.15 Å². The summed E-state index contributed by atoms with van der Waals surface area (Å²) in [5.41, 5.74) is 1.15. The van der Waals surface area contributed by atoms with Crippen LogP contribution in [0.15, 0.2) is 11.6 Å². The molecule has 2 nitrogen and oxygen atoms in total. The molecule has 0 aromatic carbocycles. The molecule has 0 saturated carbocycles. The molecule has 0 heterocycles. The molecule has 0 spiro atoms. The Hall–Kier alpha value is -0.630. The number of unbranched alkanes of at least 4 members (excludes halogenated alkanes) is 5. The largest absolute Gasteiger partial charge is 0.344 e. The van der Waals surface area contributed by atoms with Crippen molar-refractivity contribution in [2.75, 3.05) is 0 Å². The minimum atomic E-state index is 0. The molecule has 1 aliphatic carbocycles. The zero-order valence-electron chi connectivity index (χ0n) is 13.6. The van der Waals surface area contributed by atoms with E-state index in [1.807, 2.05) is 0 Å². The van der Waals surface area contributed by atoms with Gasteiger partial charge in [-0.2, -0.15) is 0 Å². The van der Waals surface area contributed by atoms with Gasteiger partial charge in [-0.1, -0.05) is 64.4 Å². The van der Waals surface area contributed by atoms with Crippen LogP contribution in [0.1, 0.15) is 96.8 Å². The second-order valence-corrected chi connectivity index (χ2v) is 5.98. The smallest absolute Gasteiger partial charge is 0.158 e. The van der Waals surface area contributed by atoms with Crippen LogP contribution in [0.4, 0.5) is 0 Å². The number of ketones is 1. The van der Waals surface area contributed by atoms with Gasteiger partial charge >= 0.3 is 0 Å². The van der Waals surface area contributed by atoms with E-state index in [1.165, 1.54) is 64.2 Å². The van der Waals surface area contributed by atoms with Crippen LogP contribution < -0.4 is 6.15 Å². The van der Waals surface area contributed by atoms with Crippen LogP contribution in [0.3, 0.4) is 0 Å². The molecule has 0 atom stereocenters. The first kappa shape index (κ1) is 19.4. The fourth-order valence-corrected chi connectivity index (χ4v) is 2.85. The topological polar surface area (TPSA) is 52.1 Å². The number of allylic oxidation sites excluding steroid dienone is 2. The minimum absolute atomic E-state index is 0. The van der Waals surface area contributed by atoms with Gasteiger partial charge in [-0.05, 0) is 37.7 Å². The Balaban J connectivity index is 0.00000361. The summed E-state index contributed by atoms with van der Waals surface area (Å²) in [6.45, 7) is 2.25. The Morgan fingerprint density at radius 2 is 1.55 bits per heavy atom. The molecule has 20 heavy (non-hydrogen) atoms. The van der Waals surface area contributed by atoms with Gasteiger partial charge in [0.15, 0.2) is 5.78 Å². The van der Waals surface area contributed by atoms with Crippen LogP contribution in [0.25, 0.3) is 0 Å². The summed E-state index contributed by atoms with van der Waals surface area (Å²) in [6.07, 6.45) is 19.4. The van der Waals surface area contributed by atoms with Crippen molar-refractivity contribution >= 4 is 5.78 Å². The molecular formula is C18H35NO. The van der Waals surface area contributed by atoms with Crippen LogP contribution in [-0.4, -0.2) is 5.78 Å². The Morgan fingerprint density at radius 3 is 2.35 bits per heavy atom. The van der Waals surface area contributed by atoms with Gasteiger partial charge in [-0.15, -0.1) is 0 Å².